The zero-order valence-electron chi connectivity index (χ0n) is 26.9. The molecule has 0 aromatic rings. The molecule has 1 aliphatic rings. The molecule has 2 atom stereocenters. The van der Waals surface area contributed by atoms with E-state index in [1.54, 1.807) is 0 Å². The standard InChI is InChI=1S/C34H54O2.C2H4O2/c1-26(2)13-9-15-28(5)17-11-18-30(7)21-22-32-23-31(24-33(25-32)34(35)36-8)20-12-19-29(6)16-10-14-27(3)4;1-4-2-3/h13-14,17,19,23,32-33H,7,9-12,15-16,18,20-22,24-25H2,1-6,8H3;2H,1H3/b28-17+,29-19+;/t32-,33+;/m0./s1. The van der Waals surface area contributed by atoms with E-state index in [0.717, 1.165) is 77.0 Å². The Morgan fingerprint density at radius 1 is 0.850 bits per heavy atom. The van der Waals surface area contributed by atoms with Crippen LogP contribution in [0.3, 0.4) is 0 Å². The lowest BCUT2D eigenvalue weighted by Crippen LogP contribution is -2.23. The fourth-order valence-electron chi connectivity index (χ4n) is 4.89. The van der Waals surface area contributed by atoms with E-state index in [1.165, 1.54) is 47.7 Å². The number of hydrogen-bond acceptors (Lipinski definition) is 4. The molecule has 1 rings (SSSR count). The van der Waals surface area contributed by atoms with Gasteiger partial charge in [-0.2, -0.15) is 0 Å². The molecule has 0 N–H and O–H groups in total. The van der Waals surface area contributed by atoms with Gasteiger partial charge in [-0.3, -0.25) is 9.59 Å². The van der Waals surface area contributed by atoms with Crippen LogP contribution in [-0.4, -0.2) is 26.7 Å². The highest BCUT2D eigenvalue weighted by Crippen LogP contribution is 2.34. The van der Waals surface area contributed by atoms with Gasteiger partial charge in [0.2, 0.25) is 0 Å². The molecule has 0 spiro atoms. The average Bonchev–Trinajstić information content (AvgIpc) is 2.91. The first-order valence-corrected chi connectivity index (χ1v) is 15.0. The van der Waals surface area contributed by atoms with Crippen molar-refractivity contribution in [2.45, 2.75) is 119 Å². The topological polar surface area (TPSA) is 52.6 Å². The Balaban J connectivity index is 0.00000354. The van der Waals surface area contributed by atoms with E-state index in [1.807, 2.05) is 0 Å². The maximum Gasteiger partial charge on any atom is 0.308 e. The summed E-state index contributed by atoms with van der Waals surface area (Å²) in [6, 6.07) is 0. The van der Waals surface area contributed by atoms with Crippen LogP contribution in [0.2, 0.25) is 0 Å². The van der Waals surface area contributed by atoms with Gasteiger partial charge in [0.25, 0.3) is 6.47 Å². The van der Waals surface area contributed by atoms with Gasteiger partial charge in [-0.25, -0.2) is 0 Å². The van der Waals surface area contributed by atoms with Crippen LogP contribution in [0.4, 0.5) is 0 Å². The summed E-state index contributed by atoms with van der Waals surface area (Å²) in [4.78, 5) is 21.3. The average molecular weight is 555 g/mol. The van der Waals surface area contributed by atoms with Crippen LogP contribution in [0.25, 0.3) is 0 Å². The Morgan fingerprint density at radius 2 is 1.38 bits per heavy atom. The van der Waals surface area contributed by atoms with E-state index in [4.69, 9.17) is 9.53 Å². The first kappa shape index (κ1) is 37.4. The van der Waals surface area contributed by atoms with Crippen molar-refractivity contribution in [2.24, 2.45) is 11.8 Å². The molecular weight excluding hydrogens is 496 g/mol. The fourth-order valence-corrected chi connectivity index (χ4v) is 4.89. The number of esters is 1. The number of hydrogen-bond donors (Lipinski definition) is 0. The maximum absolute atomic E-state index is 12.4. The van der Waals surface area contributed by atoms with Crippen LogP contribution in [0, 0.1) is 11.8 Å². The van der Waals surface area contributed by atoms with Gasteiger partial charge in [0.15, 0.2) is 0 Å². The van der Waals surface area contributed by atoms with Crippen molar-refractivity contribution in [1.82, 2.24) is 0 Å². The molecule has 0 aromatic heterocycles. The summed E-state index contributed by atoms with van der Waals surface area (Å²) in [6.07, 6.45) is 24.5. The summed E-state index contributed by atoms with van der Waals surface area (Å²) in [6.45, 7) is 17.8. The summed E-state index contributed by atoms with van der Waals surface area (Å²) < 4.78 is 8.98. The molecule has 1 aliphatic carbocycles. The minimum Gasteiger partial charge on any atom is -0.471 e. The number of allylic oxidation sites excluding steroid dienone is 11. The lowest BCUT2D eigenvalue weighted by Gasteiger charge is -2.27. The number of carbonyl (C=O) groups is 2. The van der Waals surface area contributed by atoms with Crippen molar-refractivity contribution < 1.29 is 19.1 Å². The summed E-state index contributed by atoms with van der Waals surface area (Å²) in [5.41, 5.74) is 8.47. The van der Waals surface area contributed by atoms with Gasteiger partial charge >= 0.3 is 5.97 Å². The highest BCUT2D eigenvalue weighted by Gasteiger charge is 2.28. The maximum atomic E-state index is 12.4. The Kier molecular flexibility index (Phi) is 21.6. The minimum absolute atomic E-state index is 0.00222. The van der Waals surface area contributed by atoms with Crippen LogP contribution < -0.4 is 0 Å². The quantitative estimate of drug-likeness (QED) is 0.102. The Hall–Kier alpha value is -2.62. The lowest BCUT2D eigenvalue weighted by molar-refractivity contribution is -0.146. The summed E-state index contributed by atoms with van der Waals surface area (Å²) >= 11 is 0. The van der Waals surface area contributed by atoms with Gasteiger partial charge in [0.1, 0.15) is 0 Å². The van der Waals surface area contributed by atoms with Crippen molar-refractivity contribution in [3.8, 4) is 0 Å². The fraction of sp³-hybridized carbons (Fsp3) is 0.611. The van der Waals surface area contributed by atoms with E-state index >= 15 is 0 Å². The molecule has 226 valence electrons. The molecular formula is C36H58O4. The molecule has 0 fully saturated rings. The first-order chi connectivity index (χ1) is 19.0. The molecule has 0 radical (unpaired) electrons. The molecule has 4 heteroatoms. The summed E-state index contributed by atoms with van der Waals surface area (Å²) in [5, 5.41) is 0. The van der Waals surface area contributed by atoms with E-state index in [0.29, 0.717) is 12.4 Å². The third-order valence-corrected chi connectivity index (χ3v) is 7.20. The van der Waals surface area contributed by atoms with Crippen molar-refractivity contribution in [1.29, 1.82) is 0 Å². The van der Waals surface area contributed by atoms with Gasteiger partial charge in [-0.05, 0) is 125 Å². The van der Waals surface area contributed by atoms with Gasteiger partial charge in [0.05, 0.1) is 20.1 Å². The summed E-state index contributed by atoms with van der Waals surface area (Å²) in [7, 11) is 2.83. The van der Waals surface area contributed by atoms with Crippen molar-refractivity contribution in [3.05, 3.63) is 70.4 Å². The summed E-state index contributed by atoms with van der Waals surface area (Å²) in [5.74, 6) is 0.396. The molecule has 40 heavy (non-hydrogen) atoms. The van der Waals surface area contributed by atoms with Crippen LogP contribution in [-0.2, 0) is 19.1 Å². The largest absolute Gasteiger partial charge is 0.471 e. The zero-order valence-corrected chi connectivity index (χ0v) is 26.9. The number of methoxy groups -OCH3 is 2. The second-order valence-electron chi connectivity index (χ2n) is 11.7. The highest BCUT2D eigenvalue weighted by molar-refractivity contribution is 5.73. The van der Waals surface area contributed by atoms with Crippen molar-refractivity contribution >= 4 is 12.4 Å². The Morgan fingerprint density at radius 3 is 1.88 bits per heavy atom. The predicted molar refractivity (Wildman–Crippen MR) is 171 cm³/mol. The van der Waals surface area contributed by atoms with Gasteiger partial charge in [-0.1, -0.05) is 70.4 Å². The molecule has 0 bridgehead atoms. The number of ether oxygens (including phenoxy) is 2. The SMILES string of the molecule is C=C(CC/C=C(\C)CCC=C(C)C)CC[C@H]1C=C(CC/C=C(\C)CCC=C(C)C)C[C@@H](C(=O)OC)C1.COC=O. The molecule has 0 amide bonds. The third kappa shape index (κ3) is 20.3. The molecule has 0 aromatic carbocycles. The van der Waals surface area contributed by atoms with Gasteiger partial charge < -0.3 is 9.47 Å². The highest BCUT2D eigenvalue weighted by atomic mass is 16.5. The van der Waals surface area contributed by atoms with Gasteiger partial charge in [-0.15, -0.1) is 0 Å². The lowest BCUT2D eigenvalue weighted by atomic mass is 9.78. The second-order valence-corrected chi connectivity index (χ2v) is 11.7. The molecule has 0 heterocycles. The van der Waals surface area contributed by atoms with Crippen LogP contribution >= 0.6 is 0 Å². The van der Waals surface area contributed by atoms with Crippen molar-refractivity contribution in [3.63, 3.8) is 0 Å². The number of rotatable bonds is 17. The molecule has 0 unspecified atom stereocenters. The first-order valence-electron chi connectivity index (χ1n) is 15.0. The van der Waals surface area contributed by atoms with Crippen molar-refractivity contribution in [2.75, 3.05) is 14.2 Å². The molecule has 0 aliphatic heterocycles. The van der Waals surface area contributed by atoms with Crippen LogP contribution in [0.15, 0.2) is 70.4 Å². The minimum atomic E-state index is -0.0494. The molecule has 0 saturated carbocycles. The Labute approximate surface area is 246 Å². The second kappa shape index (κ2) is 23.1. The van der Waals surface area contributed by atoms with E-state index < -0.39 is 0 Å². The zero-order chi connectivity index (χ0) is 30.3. The van der Waals surface area contributed by atoms with Gasteiger partial charge in [0, 0.05) is 0 Å². The van der Waals surface area contributed by atoms with Crippen LogP contribution in [0.5, 0.6) is 0 Å². The smallest absolute Gasteiger partial charge is 0.308 e. The molecule has 0 saturated heterocycles. The normalized spacial score (nSPS) is 17.1. The predicted octanol–water partition coefficient (Wildman–Crippen LogP) is 10.2. The third-order valence-electron chi connectivity index (χ3n) is 7.20. The number of carbonyl (C=O) groups excluding carboxylic acids is 2. The van der Waals surface area contributed by atoms with E-state index in [2.05, 4.69) is 83.2 Å². The van der Waals surface area contributed by atoms with Crippen LogP contribution in [0.1, 0.15) is 119 Å². The molecule has 4 nitrogen and oxygen atoms in total. The van der Waals surface area contributed by atoms with E-state index in [-0.39, 0.29) is 11.9 Å². The monoisotopic (exact) mass is 554 g/mol. The Bertz CT molecular complexity index is 905. The van der Waals surface area contributed by atoms with E-state index in [9.17, 15) is 4.79 Å².